The van der Waals surface area contributed by atoms with Gasteiger partial charge in [0.15, 0.2) is 0 Å². The van der Waals surface area contributed by atoms with Gasteiger partial charge in [-0.15, -0.1) is 0 Å². The van der Waals surface area contributed by atoms with Crippen LogP contribution in [0.1, 0.15) is 5.89 Å². The molecule has 3 rings (SSSR count). The SMILES string of the molecule is O=C(NCc1nc(-c2cccc(Br)c2)no1)Nc1ccccc1. The van der Waals surface area contributed by atoms with E-state index in [2.05, 4.69) is 36.7 Å². The van der Waals surface area contributed by atoms with Gasteiger partial charge in [0.2, 0.25) is 11.7 Å². The number of hydrogen-bond acceptors (Lipinski definition) is 4. The Hall–Kier alpha value is -2.67. The molecule has 0 fully saturated rings. The maximum absolute atomic E-state index is 11.8. The van der Waals surface area contributed by atoms with Gasteiger partial charge in [-0.05, 0) is 24.3 Å². The first-order chi connectivity index (χ1) is 11.2. The molecule has 116 valence electrons. The lowest BCUT2D eigenvalue weighted by molar-refractivity contribution is 0.249. The van der Waals surface area contributed by atoms with E-state index in [0.29, 0.717) is 17.4 Å². The molecule has 0 spiro atoms. The molecule has 23 heavy (non-hydrogen) atoms. The molecule has 0 aliphatic rings. The lowest BCUT2D eigenvalue weighted by atomic mass is 10.2. The highest BCUT2D eigenvalue weighted by Gasteiger charge is 2.10. The predicted molar refractivity (Wildman–Crippen MR) is 89.7 cm³/mol. The van der Waals surface area contributed by atoms with Crippen LogP contribution in [0.2, 0.25) is 0 Å². The van der Waals surface area contributed by atoms with E-state index < -0.39 is 0 Å². The van der Waals surface area contributed by atoms with Crippen molar-refractivity contribution in [3.05, 3.63) is 65.0 Å². The molecule has 7 heteroatoms. The van der Waals surface area contributed by atoms with Gasteiger partial charge in [0.05, 0.1) is 6.54 Å². The largest absolute Gasteiger partial charge is 0.337 e. The summed E-state index contributed by atoms with van der Waals surface area (Å²) in [6.45, 7) is 0.152. The highest BCUT2D eigenvalue weighted by atomic mass is 79.9. The minimum Gasteiger partial charge on any atom is -0.337 e. The Morgan fingerprint density at radius 2 is 1.96 bits per heavy atom. The minimum atomic E-state index is -0.335. The smallest absolute Gasteiger partial charge is 0.319 e. The molecule has 0 aliphatic heterocycles. The van der Waals surface area contributed by atoms with Gasteiger partial charge in [0.25, 0.3) is 0 Å². The van der Waals surface area contributed by atoms with Crippen LogP contribution in [0, 0.1) is 0 Å². The molecule has 0 saturated carbocycles. The van der Waals surface area contributed by atoms with Crippen LogP contribution in [0.5, 0.6) is 0 Å². The molecule has 2 amide bonds. The molecule has 2 aromatic carbocycles. The maximum Gasteiger partial charge on any atom is 0.319 e. The third-order valence-corrected chi connectivity index (χ3v) is 3.48. The molecule has 0 atom stereocenters. The third-order valence-electron chi connectivity index (χ3n) is 2.98. The number of halogens is 1. The molecular weight excluding hydrogens is 360 g/mol. The molecule has 0 radical (unpaired) electrons. The number of aromatic nitrogens is 2. The number of hydrogen-bond donors (Lipinski definition) is 2. The summed E-state index contributed by atoms with van der Waals surface area (Å²) in [4.78, 5) is 16.0. The molecule has 6 nitrogen and oxygen atoms in total. The second kappa shape index (κ2) is 7.06. The zero-order chi connectivity index (χ0) is 16.1. The van der Waals surface area contributed by atoms with Crippen LogP contribution in [0.25, 0.3) is 11.4 Å². The molecule has 3 aromatic rings. The first-order valence-electron chi connectivity index (χ1n) is 6.89. The molecule has 1 heterocycles. The topological polar surface area (TPSA) is 80.1 Å². The van der Waals surface area contributed by atoms with E-state index in [1.165, 1.54) is 0 Å². The number of urea groups is 1. The summed E-state index contributed by atoms with van der Waals surface area (Å²) >= 11 is 3.40. The highest BCUT2D eigenvalue weighted by Crippen LogP contribution is 2.20. The quantitative estimate of drug-likeness (QED) is 0.729. The lowest BCUT2D eigenvalue weighted by Gasteiger charge is -2.04. The predicted octanol–water partition coefficient (Wildman–Crippen LogP) is 3.82. The van der Waals surface area contributed by atoms with Crippen molar-refractivity contribution in [3.63, 3.8) is 0 Å². The lowest BCUT2D eigenvalue weighted by Crippen LogP contribution is -2.28. The van der Waals surface area contributed by atoms with Crippen molar-refractivity contribution < 1.29 is 9.32 Å². The van der Waals surface area contributed by atoms with E-state index in [-0.39, 0.29) is 12.6 Å². The van der Waals surface area contributed by atoms with Crippen LogP contribution in [-0.2, 0) is 6.54 Å². The van der Waals surface area contributed by atoms with Crippen LogP contribution in [0.15, 0.2) is 63.6 Å². The summed E-state index contributed by atoms with van der Waals surface area (Å²) in [6.07, 6.45) is 0. The van der Waals surface area contributed by atoms with E-state index >= 15 is 0 Å². The first-order valence-corrected chi connectivity index (χ1v) is 7.68. The second-order valence-corrected chi connectivity index (χ2v) is 5.61. The van der Waals surface area contributed by atoms with Crippen molar-refractivity contribution in [1.82, 2.24) is 15.5 Å². The summed E-state index contributed by atoms with van der Waals surface area (Å²) in [6, 6.07) is 16.4. The van der Waals surface area contributed by atoms with Crippen LogP contribution in [0.3, 0.4) is 0 Å². The fraction of sp³-hybridized carbons (Fsp3) is 0.0625. The summed E-state index contributed by atoms with van der Waals surface area (Å²) in [5, 5.41) is 9.29. The zero-order valence-corrected chi connectivity index (χ0v) is 13.6. The molecule has 1 aromatic heterocycles. The zero-order valence-electron chi connectivity index (χ0n) is 12.0. The molecular formula is C16H13BrN4O2. The van der Waals surface area contributed by atoms with Crippen molar-refractivity contribution >= 4 is 27.6 Å². The van der Waals surface area contributed by atoms with Crippen LogP contribution >= 0.6 is 15.9 Å². The van der Waals surface area contributed by atoms with Gasteiger partial charge in [-0.25, -0.2) is 4.79 Å². The highest BCUT2D eigenvalue weighted by molar-refractivity contribution is 9.10. The van der Waals surface area contributed by atoms with Gasteiger partial charge >= 0.3 is 6.03 Å². The number of anilines is 1. The Morgan fingerprint density at radius 1 is 1.13 bits per heavy atom. The van der Waals surface area contributed by atoms with Gasteiger partial charge < -0.3 is 15.2 Å². The van der Waals surface area contributed by atoms with Gasteiger partial charge in [0, 0.05) is 15.7 Å². The van der Waals surface area contributed by atoms with E-state index in [1.807, 2.05) is 42.5 Å². The summed E-state index contributed by atoms with van der Waals surface area (Å²) < 4.78 is 6.07. The fourth-order valence-electron chi connectivity index (χ4n) is 1.92. The van der Waals surface area contributed by atoms with E-state index in [1.54, 1.807) is 12.1 Å². The van der Waals surface area contributed by atoms with Gasteiger partial charge in [-0.1, -0.05) is 51.4 Å². The number of nitrogens with one attached hydrogen (secondary N) is 2. The Balaban J connectivity index is 1.58. The number of benzene rings is 2. The van der Waals surface area contributed by atoms with Gasteiger partial charge in [-0.2, -0.15) is 4.98 Å². The van der Waals surface area contributed by atoms with Crippen LogP contribution < -0.4 is 10.6 Å². The fourth-order valence-corrected chi connectivity index (χ4v) is 2.32. The molecule has 2 N–H and O–H groups in total. The number of nitrogens with zero attached hydrogens (tertiary/aromatic N) is 2. The van der Waals surface area contributed by atoms with Gasteiger partial charge in [-0.3, -0.25) is 0 Å². The number of amides is 2. The normalized spacial score (nSPS) is 10.3. The van der Waals surface area contributed by atoms with Crippen molar-refractivity contribution in [1.29, 1.82) is 0 Å². The summed E-state index contributed by atoms with van der Waals surface area (Å²) in [7, 11) is 0. The maximum atomic E-state index is 11.8. The van der Waals surface area contributed by atoms with Crippen molar-refractivity contribution in [2.24, 2.45) is 0 Å². The Labute approximate surface area is 141 Å². The Morgan fingerprint density at radius 3 is 2.74 bits per heavy atom. The number of rotatable bonds is 4. The second-order valence-electron chi connectivity index (χ2n) is 4.70. The van der Waals surface area contributed by atoms with E-state index in [9.17, 15) is 4.79 Å². The summed E-state index contributed by atoms with van der Waals surface area (Å²) in [5.41, 5.74) is 1.55. The average Bonchev–Trinajstić information content (AvgIpc) is 3.03. The first kappa shape index (κ1) is 15.2. The minimum absolute atomic E-state index is 0.152. The van der Waals surface area contributed by atoms with Crippen molar-refractivity contribution in [3.8, 4) is 11.4 Å². The Kier molecular flexibility index (Phi) is 4.68. The molecule has 0 unspecified atom stereocenters. The van der Waals surface area contributed by atoms with Crippen molar-refractivity contribution in [2.75, 3.05) is 5.32 Å². The molecule has 0 aliphatic carbocycles. The number of para-hydroxylation sites is 1. The third kappa shape index (κ3) is 4.17. The van der Waals surface area contributed by atoms with E-state index in [4.69, 9.17) is 4.52 Å². The Bertz CT molecular complexity index is 805. The van der Waals surface area contributed by atoms with Crippen LogP contribution in [0.4, 0.5) is 10.5 Å². The number of carbonyl (C=O) groups excluding carboxylic acids is 1. The molecule has 0 saturated heterocycles. The van der Waals surface area contributed by atoms with E-state index in [0.717, 1.165) is 10.0 Å². The monoisotopic (exact) mass is 372 g/mol. The van der Waals surface area contributed by atoms with Gasteiger partial charge in [0.1, 0.15) is 0 Å². The standard InChI is InChI=1S/C16H13BrN4O2/c17-12-6-4-5-11(9-12)15-20-14(23-21-15)10-18-16(22)19-13-7-2-1-3-8-13/h1-9H,10H2,(H2,18,19,22). The number of carbonyl (C=O) groups is 1. The van der Waals surface area contributed by atoms with Crippen molar-refractivity contribution in [2.45, 2.75) is 6.54 Å². The van der Waals surface area contributed by atoms with Crippen LogP contribution in [-0.4, -0.2) is 16.2 Å². The average molecular weight is 373 g/mol. The summed E-state index contributed by atoms with van der Waals surface area (Å²) in [5.74, 6) is 0.815. The molecule has 0 bridgehead atoms.